The molecule has 1 rings (SSSR count). The summed E-state index contributed by atoms with van der Waals surface area (Å²) in [5, 5.41) is 0. The van der Waals surface area contributed by atoms with Crippen molar-refractivity contribution in [3.05, 3.63) is 29.8 Å². The first-order valence-corrected chi connectivity index (χ1v) is 5.90. The van der Waals surface area contributed by atoms with Crippen LogP contribution in [0.1, 0.15) is 17.3 Å². The summed E-state index contributed by atoms with van der Waals surface area (Å²) < 4.78 is 33.5. The number of hydrogen-bond donors (Lipinski definition) is 0. The highest BCUT2D eigenvalue weighted by atomic mass is 19.3. The fourth-order valence-corrected chi connectivity index (χ4v) is 1.52. The van der Waals surface area contributed by atoms with E-state index in [4.69, 9.17) is 4.74 Å². The van der Waals surface area contributed by atoms with E-state index >= 15 is 0 Å². The van der Waals surface area contributed by atoms with E-state index in [9.17, 15) is 18.4 Å². The Bertz CT molecular complexity index is 479. The van der Waals surface area contributed by atoms with Gasteiger partial charge in [0.1, 0.15) is 12.3 Å². The van der Waals surface area contributed by atoms with Crippen molar-refractivity contribution in [1.82, 2.24) is 4.90 Å². The number of ether oxygens (including phenoxy) is 2. The molecule has 0 aromatic heterocycles. The molecule has 0 saturated heterocycles. The van der Waals surface area contributed by atoms with Crippen molar-refractivity contribution in [2.24, 2.45) is 0 Å². The molecule has 0 saturated carbocycles. The lowest BCUT2D eigenvalue weighted by atomic mass is 10.2. The van der Waals surface area contributed by atoms with Gasteiger partial charge in [-0.2, -0.15) is 8.78 Å². The third-order valence-electron chi connectivity index (χ3n) is 2.35. The summed E-state index contributed by atoms with van der Waals surface area (Å²) in [6, 6.07) is 5.60. The predicted molar refractivity (Wildman–Crippen MR) is 66.7 cm³/mol. The first-order valence-electron chi connectivity index (χ1n) is 5.90. The number of amides is 1. The molecule has 0 bridgehead atoms. The van der Waals surface area contributed by atoms with E-state index in [0.717, 1.165) is 4.90 Å². The van der Waals surface area contributed by atoms with Gasteiger partial charge in [0.2, 0.25) is 0 Å². The van der Waals surface area contributed by atoms with Gasteiger partial charge in [-0.05, 0) is 19.1 Å². The van der Waals surface area contributed by atoms with E-state index in [1.807, 2.05) is 0 Å². The maximum absolute atomic E-state index is 12.3. The number of para-hydroxylation sites is 1. The van der Waals surface area contributed by atoms with Crippen molar-refractivity contribution in [3.63, 3.8) is 0 Å². The number of hydrogen-bond acceptors (Lipinski definition) is 4. The minimum Gasteiger partial charge on any atom is -0.465 e. The van der Waals surface area contributed by atoms with Crippen LogP contribution in [0.5, 0.6) is 5.75 Å². The van der Waals surface area contributed by atoms with Crippen LogP contribution in [0, 0.1) is 0 Å². The summed E-state index contributed by atoms with van der Waals surface area (Å²) in [7, 11) is 1.37. The van der Waals surface area contributed by atoms with Crippen molar-refractivity contribution >= 4 is 11.9 Å². The highest BCUT2D eigenvalue weighted by molar-refractivity contribution is 5.98. The van der Waals surface area contributed by atoms with Gasteiger partial charge in [0.15, 0.2) is 0 Å². The van der Waals surface area contributed by atoms with Crippen LogP contribution in [-0.4, -0.2) is 43.6 Å². The van der Waals surface area contributed by atoms with E-state index in [0.29, 0.717) is 0 Å². The Morgan fingerprint density at radius 2 is 1.95 bits per heavy atom. The normalized spacial score (nSPS) is 10.2. The lowest BCUT2D eigenvalue weighted by Crippen LogP contribution is -2.33. The molecule has 0 radical (unpaired) electrons. The van der Waals surface area contributed by atoms with Crippen LogP contribution < -0.4 is 4.74 Å². The second kappa shape index (κ2) is 7.42. The van der Waals surface area contributed by atoms with Crippen LogP contribution in [0.4, 0.5) is 8.78 Å². The fraction of sp³-hybridized carbons (Fsp3) is 0.385. The topological polar surface area (TPSA) is 55.8 Å². The maximum Gasteiger partial charge on any atom is 0.387 e. The van der Waals surface area contributed by atoms with Gasteiger partial charge in [-0.3, -0.25) is 9.59 Å². The molecule has 0 aliphatic rings. The molecule has 5 nitrogen and oxygen atoms in total. The van der Waals surface area contributed by atoms with Crippen LogP contribution in [-0.2, 0) is 9.53 Å². The van der Waals surface area contributed by atoms with Crippen molar-refractivity contribution in [2.75, 3.05) is 20.2 Å². The minimum absolute atomic E-state index is 0.0420. The van der Waals surface area contributed by atoms with E-state index in [2.05, 4.69) is 4.74 Å². The molecule has 110 valence electrons. The summed E-state index contributed by atoms with van der Waals surface area (Å²) in [4.78, 5) is 24.4. The Balaban J connectivity index is 2.83. The first kappa shape index (κ1) is 15.9. The number of carbonyl (C=O) groups excluding carboxylic acids is 2. The number of carbonyl (C=O) groups is 2. The highest BCUT2D eigenvalue weighted by Gasteiger charge is 2.20. The summed E-state index contributed by atoms with van der Waals surface area (Å²) >= 11 is 0. The average molecular weight is 287 g/mol. The Morgan fingerprint density at radius 1 is 1.30 bits per heavy atom. The Hall–Kier alpha value is -2.18. The number of likely N-dealkylation sites (N-methyl/N-ethyl adjacent to an activating group) is 1. The molecule has 1 aromatic rings. The lowest BCUT2D eigenvalue weighted by molar-refractivity contribution is -0.143. The smallest absolute Gasteiger partial charge is 0.387 e. The zero-order chi connectivity index (χ0) is 15.1. The molecular formula is C13H15F2NO4. The van der Waals surface area contributed by atoms with Crippen LogP contribution in [0.15, 0.2) is 24.3 Å². The van der Waals surface area contributed by atoms with Gasteiger partial charge >= 0.3 is 12.6 Å². The molecule has 0 unspecified atom stereocenters. The van der Waals surface area contributed by atoms with Crippen LogP contribution in [0.2, 0.25) is 0 Å². The molecular weight excluding hydrogens is 272 g/mol. The van der Waals surface area contributed by atoms with Crippen molar-refractivity contribution in [1.29, 1.82) is 0 Å². The number of alkyl halides is 2. The Morgan fingerprint density at radius 3 is 2.55 bits per heavy atom. The molecule has 0 aliphatic carbocycles. The second-order valence-electron chi connectivity index (χ2n) is 3.84. The fourth-order valence-electron chi connectivity index (χ4n) is 1.52. The molecule has 0 N–H and O–H groups in total. The molecule has 0 aliphatic heterocycles. The summed E-state index contributed by atoms with van der Waals surface area (Å²) in [6.07, 6.45) is 0. The maximum atomic E-state index is 12.3. The summed E-state index contributed by atoms with van der Waals surface area (Å²) in [5.41, 5.74) is -0.0420. The van der Waals surface area contributed by atoms with Gasteiger partial charge in [0.05, 0.1) is 12.2 Å². The highest BCUT2D eigenvalue weighted by Crippen LogP contribution is 2.21. The van der Waals surface area contributed by atoms with Gasteiger partial charge in [-0.15, -0.1) is 0 Å². The molecule has 0 fully saturated rings. The second-order valence-corrected chi connectivity index (χ2v) is 3.84. The molecule has 0 spiro atoms. The zero-order valence-electron chi connectivity index (χ0n) is 11.1. The zero-order valence-corrected chi connectivity index (χ0v) is 11.1. The van der Waals surface area contributed by atoms with E-state index in [1.165, 1.54) is 31.3 Å². The van der Waals surface area contributed by atoms with Crippen LogP contribution >= 0.6 is 0 Å². The van der Waals surface area contributed by atoms with E-state index in [-0.39, 0.29) is 24.5 Å². The Kier molecular flexibility index (Phi) is 5.89. The molecule has 20 heavy (non-hydrogen) atoms. The molecule has 0 heterocycles. The summed E-state index contributed by atoms with van der Waals surface area (Å²) in [5.74, 6) is -1.41. The van der Waals surface area contributed by atoms with E-state index < -0.39 is 18.5 Å². The monoisotopic (exact) mass is 287 g/mol. The lowest BCUT2D eigenvalue weighted by Gasteiger charge is -2.18. The molecule has 1 amide bonds. The average Bonchev–Trinajstić information content (AvgIpc) is 2.38. The van der Waals surface area contributed by atoms with Crippen LogP contribution in [0.3, 0.4) is 0 Å². The van der Waals surface area contributed by atoms with Gasteiger partial charge in [0, 0.05) is 7.05 Å². The van der Waals surface area contributed by atoms with Gasteiger partial charge < -0.3 is 14.4 Å². The van der Waals surface area contributed by atoms with Gasteiger partial charge in [-0.1, -0.05) is 12.1 Å². The predicted octanol–water partition coefficient (Wildman–Crippen LogP) is 1.92. The SMILES string of the molecule is CCOC(=O)CN(C)C(=O)c1ccccc1OC(F)F. The molecule has 7 heteroatoms. The standard InChI is InChI=1S/C13H15F2NO4/c1-3-19-11(17)8-16(2)12(18)9-6-4-5-7-10(9)20-13(14)15/h4-7,13H,3,8H2,1-2H3. The minimum atomic E-state index is -3.03. The van der Waals surface area contributed by atoms with Crippen molar-refractivity contribution < 1.29 is 27.8 Å². The third-order valence-corrected chi connectivity index (χ3v) is 2.35. The largest absolute Gasteiger partial charge is 0.465 e. The van der Waals surface area contributed by atoms with Crippen molar-refractivity contribution in [2.45, 2.75) is 13.5 Å². The van der Waals surface area contributed by atoms with Gasteiger partial charge in [0.25, 0.3) is 5.91 Å². The van der Waals surface area contributed by atoms with Gasteiger partial charge in [-0.25, -0.2) is 0 Å². The molecule has 0 atom stereocenters. The molecule has 1 aromatic carbocycles. The van der Waals surface area contributed by atoms with Crippen molar-refractivity contribution in [3.8, 4) is 5.75 Å². The first-order chi connectivity index (χ1) is 9.45. The quantitative estimate of drug-likeness (QED) is 0.750. The number of nitrogens with zero attached hydrogens (tertiary/aromatic N) is 1. The van der Waals surface area contributed by atoms with Crippen LogP contribution in [0.25, 0.3) is 0 Å². The Labute approximate surface area is 115 Å². The summed E-state index contributed by atoms with van der Waals surface area (Å²) in [6.45, 7) is -1.45. The number of esters is 1. The number of benzene rings is 1. The number of rotatable bonds is 6. The number of halogens is 2. The van der Waals surface area contributed by atoms with E-state index in [1.54, 1.807) is 6.92 Å². The third kappa shape index (κ3) is 4.49.